The molecule has 0 atom stereocenters. The van der Waals surface area contributed by atoms with Crippen molar-refractivity contribution in [2.24, 2.45) is 0 Å². The molecule has 11 heavy (non-hydrogen) atoms. The van der Waals surface area contributed by atoms with Crippen molar-refractivity contribution in [3.63, 3.8) is 0 Å². The van der Waals surface area contributed by atoms with Crippen molar-refractivity contribution < 1.29 is 9.79 Å². The van der Waals surface area contributed by atoms with Crippen molar-refractivity contribution >= 4 is 28.0 Å². The van der Waals surface area contributed by atoms with Gasteiger partial charge in [-0.2, -0.15) is 10.5 Å². The van der Waals surface area contributed by atoms with Gasteiger partial charge in [0.1, 0.15) is 0 Å². The van der Waals surface area contributed by atoms with Crippen molar-refractivity contribution in [3.05, 3.63) is 0 Å². The molecule has 0 rings (SSSR count). The highest BCUT2D eigenvalue weighted by atomic mass is 32.9. The molecule has 0 aliphatic heterocycles. The van der Waals surface area contributed by atoms with Crippen LogP contribution in [0, 0.1) is 0 Å². The quantitative estimate of drug-likeness (QED) is 0.486. The summed E-state index contributed by atoms with van der Waals surface area (Å²) in [7, 11) is -0.665. The molecule has 0 aromatic carbocycles. The van der Waals surface area contributed by atoms with E-state index in [0.29, 0.717) is 0 Å². The monoisotopic (exact) mass is 216 g/mol. The van der Waals surface area contributed by atoms with Gasteiger partial charge in [-0.05, 0) is 36.2 Å². The number of hydrogen-bond donors (Lipinski definition) is 3. The number of thiol groups is 1. The predicted octanol–water partition coefficient (Wildman–Crippen LogP) is 2.02. The Labute approximate surface area is 76.3 Å². The average Bonchev–Trinajstić information content (AvgIpc) is 1.85. The van der Waals surface area contributed by atoms with E-state index in [-0.39, 0.29) is 0 Å². The lowest BCUT2D eigenvalue weighted by Crippen LogP contribution is -1.93. The zero-order valence-electron chi connectivity index (χ0n) is 7.03. The van der Waals surface area contributed by atoms with Crippen LogP contribution in [-0.2, 0) is 11.8 Å². The van der Waals surface area contributed by atoms with Gasteiger partial charge in [0, 0.05) is 0 Å². The van der Waals surface area contributed by atoms with E-state index in [4.69, 9.17) is 0 Å². The summed E-state index contributed by atoms with van der Waals surface area (Å²) in [5, 5.41) is 0. The molecule has 0 radical (unpaired) electrons. The normalized spacial score (nSPS) is 13.3. The Morgan fingerprint density at radius 3 is 1.73 bits per heavy atom. The molecule has 2 nitrogen and oxygen atoms in total. The fourth-order valence-electron chi connectivity index (χ4n) is 0.889. The SMILES string of the molecule is CCC[SH](CCC)P(O)(O)=S. The third-order valence-electron chi connectivity index (χ3n) is 1.33. The van der Waals surface area contributed by atoms with Crippen LogP contribution in [0.4, 0.5) is 0 Å². The maximum absolute atomic E-state index is 9.25. The largest absolute Gasteiger partial charge is 0.339 e. The minimum absolute atomic E-state index is 0.665. The molecule has 0 fully saturated rings. The summed E-state index contributed by atoms with van der Waals surface area (Å²) in [6.45, 7) is 4.10. The van der Waals surface area contributed by atoms with Gasteiger partial charge in [-0.1, -0.05) is 13.8 Å². The Morgan fingerprint density at radius 1 is 1.18 bits per heavy atom. The highest BCUT2D eigenvalue weighted by molar-refractivity contribution is 8.75. The third-order valence-corrected chi connectivity index (χ3v) is 9.48. The van der Waals surface area contributed by atoms with E-state index in [1.807, 2.05) is 0 Å². The van der Waals surface area contributed by atoms with Gasteiger partial charge in [-0.25, -0.2) is 0 Å². The number of hydrogen-bond acceptors (Lipinski definition) is 1. The Bertz CT molecular complexity index is 140. The van der Waals surface area contributed by atoms with Gasteiger partial charge in [-0.3, -0.25) is 0 Å². The molecule has 0 spiro atoms. The first-order valence-corrected chi connectivity index (χ1v) is 8.95. The van der Waals surface area contributed by atoms with Crippen LogP contribution in [0.25, 0.3) is 0 Å². The zero-order valence-corrected chi connectivity index (χ0v) is 9.63. The molecule has 0 saturated carbocycles. The Hall–Kier alpha value is 0.920. The van der Waals surface area contributed by atoms with Crippen molar-refractivity contribution in [1.29, 1.82) is 0 Å². The number of rotatable bonds is 5. The van der Waals surface area contributed by atoms with Crippen molar-refractivity contribution in [1.82, 2.24) is 0 Å². The van der Waals surface area contributed by atoms with Crippen LogP contribution >= 0.6 is 16.2 Å². The summed E-state index contributed by atoms with van der Waals surface area (Å²) in [4.78, 5) is 18.5. The van der Waals surface area contributed by atoms with Gasteiger partial charge < -0.3 is 9.79 Å². The highest BCUT2D eigenvalue weighted by Crippen LogP contribution is 2.63. The first-order chi connectivity index (χ1) is 5.02. The summed E-state index contributed by atoms with van der Waals surface area (Å²) < 4.78 is 0. The molecule has 0 aliphatic rings. The molecule has 2 N–H and O–H groups in total. The van der Waals surface area contributed by atoms with Gasteiger partial charge in [0.05, 0.1) is 0 Å². The van der Waals surface area contributed by atoms with Crippen molar-refractivity contribution in [2.45, 2.75) is 26.7 Å². The maximum Gasteiger partial charge on any atom is 0.222 e. The second-order valence-electron chi connectivity index (χ2n) is 2.47. The predicted molar refractivity (Wildman–Crippen MR) is 58.0 cm³/mol. The third kappa shape index (κ3) is 5.21. The summed E-state index contributed by atoms with van der Waals surface area (Å²) in [6, 6.07) is 0. The molecule has 0 bridgehead atoms. The van der Waals surface area contributed by atoms with Gasteiger partial charge in [0.2, 0.25) is 5.69 Å². The van der Waals surface area contributed by atoms with Gasteiger partial charge in [0.15, 0.2) is 0 Å². The average molecular weight is 216 g/mol. The van der Waals surface area contributed by atoms with Gasteiger partial charge >= 0.3 is 0 Å². The van der Waals surface area contributed by atoms with Crippen LogP contribution in [0.3, 0.4) is 0 Å². The van der Waals surface area contributed by atoms with Crippen LogP contribution in [0.15, 0.2) is 0 Å². The summed E-state index contributed by atoms with van der Waals surface area (Å²) in [6.07, 6.45) is 2.01. The fourth-order valence-corrected chi connectivity index (χ4v) is 6.90. The zero-order chi connectivity index (χ0) is 8.91. The van der Waals surface area contributed by atoms with Crippen LogP contribution < -0.4 is 0 Å². The highest BCUT2D eigenvalue weighted by Gasteiger charge is 2.17. The Kier molecular flexibility index (Phi) is 6.01. The standard InChI is InChI=1S/C6H17O2PS2/c1-3-5-11(6-4-2)9(7,8)10/h11H,3-6H2,1-2H3,(H2,7,8,10). The van der Waals surface area contributed by atoms with Crippen molar-refractivity contribution in [3.8, 4) is 0 Å². The molecule has 5 heteroatoms. The molecular formula is C6H17O2PS2. The summed E-state index contributed by atoms with van der Waals surface area (Å²) in [5.74, 6) is 1.82. The van der Waals surface area contributed by atoms with E-state index < -0.39 is 16.2 Å². The lowest BCUT2D eigenvalue weighted by Gasteiger charge is -2.24. The second kappa shape index (κ2) is 5.55. The fraction of sp³-hybridized carbons (Fsp3) is 1.00. The van der Waals surface area contributed by atoms with Crippen LogP contribution in [0.1, 0.15) is 26.7 Å². The molecule has 0 aromatic rings. The van der Waals surface area contributed by atoms with E-state index in [0.717, 1.165) is 24.3 Å². The maximum atomic E-state index is 9.25. The Morgan fingerprint density at radius 2 is 1.55 bits per heavy atom. The van der Waals surface area contributed by atoms with Gasteiger partial charge in [0.25, 0.3) is 0 Å². The lowest BCUT2D eigenvalue weighted by molar-refractivity contribution is 0.501. The Balaban J connectivity index is 3.99. The van der Waals surface area contributed by atoms with E-state index >= 15 is 0 Å². The van der Waals surface area contributed by atoms with Crippen LogP contribution in [-0.4, -0.2) is 21.3 Å². The molecule has 0 aromatic heterocycles. The first kappa shape index (κ1) is 11.9. The summed E-state index contributed by atoms with van der Waals surface area (Å²) >= 11 is 4.69. The molecule has 0 amide bonds. The minimum Gasteiger partial charge on any atom is -0.339 e. The van der Waals surface area contributed by atoms with Crippen LogP contribution in [0.5, 0.6) is 0 Å². The van der Waals surface area contributed by atoms with Gasteiger partial charge in [-0.15, -0.1) is 0 Å². The van der Waals surface area contributed by atoms with Crippen LogP contribution in [0.2, 0.25) is 0 Å². The topological polar surface area (TPSA) is 40.5 Å². The van der Waals surface area contributed by atoms with E-state index in [2.05, 4.69) is 25.7 Å². The molecule has 0 unspecified atom stereocenters. The second-order valence-corrected chi connectivity index (χ2v) is 11.1. The van der Waals surface area contributed by atoms with Crippen molar-refractivity contribution in [2.75, 3.05) is 11.5 Å². The van der Waals surface area contributed by atoms with E-state index in [1.54, 1.807) is 0 Å². The van der Waals surface area contributed by atoms with E-state index in [1.165, 1.54) is 0 Å². The minimum atomic E-state index is -2.91. The summed E-state index contributed by atoms with van der Waals surface area (Å²) in [5.41, 5.74) is -2.91. The molecular weight excluding hydrogens is 199 g/mol. The lowest BCUT2D eigenvalue weighted by atomic mass is 10.6. The smallest absolute Gasteiger partial charge is 0.222 e. The first-order valence-electron chi connectivity index (χ1n) is 3.83. The van der Waals surface area contributed by atoms with E-state index in [9.17, 15) is 9.79 Å². The molecule has 0 aliphatic carbocycles. The molecule has 70 valence electrons. The molecule has 0 saturated heterocycles. The molecule has 0 heterocycles.